The third-order valence-electron chi connectivity index (χ3n) is 3.25. The lowest BCUT2D eigenvalue weighted by Crippen LogP contribution is -2.03. The van der Waals surface area contributed by atoms with Crippen molar-refractivity contribution >= 4 is 40.8 Å². The Kier molecular flexibility index (Phi) is 7.06. The summed E-state index contributed by atoms with van der Waals surface area (Å²) in [4.78, 5) is 10.8. The number of nitrogens with one attached hydrogen (secondary N) is 1. The van der Waals surface area contributed by atoms with Crippen LogP contribution in [0.15, 0.2) is 35.4 Å². The fourth-order valence-corrected chi connectivity index (χ4v) is 2.36. The summed E-state index contributed by atoms with van der Waals surface area (Å²) < 4.78 is 10.7. The van der Waals surface area contributed by atoms with Crippen LogP contribution in [0.25, 0.3) is 0 Å². The topological polar surface area (TPSA) is 86.0 Å². The highest BCUT2D eigenvalue weighted by Crippen LogP contribution is 2.38. The first-order chi connectivity index (χ1) is 12.5. The van der Waals surface area contributed by atoms with Crippen LogP contribution in [0.4, 0.5) is 11.4 Å². The van der Waals surface area contributed by atoms with E-state index in [1.54, 1.807) is 24.3 Å². The molecule has 0 amide bonds. The molecule has 0 radical (unpaired) electrons. The number of nitro benzene ring substituents is 1. The second-order valence-corrected chi connectivity index (χ2v) is 5.99. The predicted octanol–water partition coefficient (Wildman–Crippen LogP) is 5.15. The van der Waals surface area contributed by atoms with Crippen molar-refractivity contribution in [3.8, 4) is 11.5 Å². The number of hydrogen-bond acceptors (Lipinski definition) is 6. The van der Waals surface area contributed by atoms with E-state index in [9.17, 15) is 10.1 Å². The maximum absolute atomic E-state index is 11.4. The highest BCUT2D eigenvalue weighted by atomic mass is 35.5. The Morgan fingerprint density at radius 3 is 2.65 bits per heavy atom. The molecule has 9 heteroatoms. The van der Waals surface area contributed by atoms with Crippen LogP contribution in [0.1, 0.15) is 18.9 Å². The quantitative estimate of drug-likeness (QED) is 0.378. The number of benzene rings is 2. The van der Waals surface area contributed by atoms with Gasteiger partial charge in [0.05, 0.1) is 40.6 Å². The summed E-state index contributed by atoms with van der Waals surface area (Å²) in [5, 5.41) is 16.2. The van der Waals surface area contributed by atoms with Gasteiger partial charge in [0, 0.05) is 11.6 Å². The van der Waals surface area contributed by atoms with E-state index in [2.05, 4.69) is 10.5 Å². The van der Waals surface area contributed by atoms with Gasteiger partial charge in [-0.2, -0.15) is 5.10 Å². The summed E-state index contributed by atoms with van der Waals surface area (Å²) in [5.74, 6) is 0.373. The molecule has 2 aromatic rings. The molecule has 0 spiro atoms. The van der Waals surface area contributed by atoms with Crippen molar-refractivity contribution in [2.45, 2.75) is 13.3 Å². The highest BCUT2D eigenvalue weighted by Gasteiger charge is 2.21. The highest BCUT2D eigenvalue weighted by molar-refractivity contribution is 6.42. The molecule has 0 bridgehead atoms. The number of anilines is 1. The number of hydrogen-bond donors (Lipinski definition) is 1. The van der Waals surface area contributed by atoms with Crippen molar-refractivity contribution in [2.24, 2.45) is 5.10 Å². The maximum Gasteiger partial charge on any atom is 0.315 e. The molecule has 0 heterocycles. The minimum Gasteiger partial charge on any atom is -0.493 e. The van der Waals surface area contributed by atoms with E-state index >= 15 is 0 Å². The normalized spacial score (nSPS) is 10.8. The molecule has 0 aliphatic carbocycles. The number of methoxy groups -OCH3 is 1. The zero-order valence-electron chi connectivity index (χ0n) is 14.2. The second kappa shape index (κ2) is 9.26. The summed E-state index contributed by atoms with van der Waals surface area (Å²) in [7, 11) is 1.42. The maximum atomic E-state index is 11.4. The van der Waals surface area contributed by atoms with Crippen LogP contribution >= 0.6 is 23.2 Å². The first-order valence-corrected chi connectivity index (χ1v) is 8.45. The van der Waals surface area contributed by atoms with Gasteiger partial charge in [-0.25, -0.2) is 0 Å². The van der Waals surface area contributed by atoms with Crippen molar-refractivity contribution in [3.05, 3.63) is 56.1 Å². The minimum atomic E-state index is -0.517. The van der Waals surface area contributed by atoms with Gasteiger partial charge in [-0.15, -0.1) is 0 Å². The molecule has 0 fully saturated rings. The molecule has 0 saturated carbocycles. The molecule has 0 atom stereocenters. The smallest absolute Gasteiger partial charge is 0.315 e. The molecule has 0 aliphatic heterocycles. The molecule has 2 rings (SSSR count). The minimum absolute atomic E-state index is 0.106. The van der Waals surface area contributed by atoms with E-state index in [0.717, 1.165) is 6.42 Å². The summed E-state index contributed by atoms with van der Waals surface area (Å²) in [6, 6.07) is 7.93. The molecule has 138 valence electrons. The Hall–Kier alpha value is -2.51. The van der Waals surface area contributed by atoms with Gasteiger partial charge in [-0.1, -0.05) is 30.1 Å². The predicted molar refractivity (Wildman–Crippen MR) is 103 cm³/mol. The molecular formula is C17H17Cl2N3O4. The molecule has 26 heavy (non-hydrogen) atoms. The first-order valence-electron chi connectivity index (χ1n) is 7.69. The van der Waals surface area contributed by atoms with Gasteiger partial charge < -0.3 is 9.47 Å². The van der Waals surface area contributed by atoms with E-state index in [-0.39, 0.29) is 17.2 Å². The molecule has 0 aliphatic rings. The molecule has 2 aromatic carbocycles. The summed E-state index contributed by atoms with van der Waals surface area (Å²) in [6.07, 6.45) is 2.15. The molecule has 0 aromatic heterocycles. The summed E-state index contributed by atoms with van der Waals surface area (Å²) in [5.41, 5.74) is 3.70. The van der Waals surface area contributed by atoms with Crippen LogP contribution in [-0.2, 0) is 0 Å². The Morgan fingerprint density at radius 2 is 2.04 bits per heavy atom. The summed E-state index contributed by atoms with van der Waals surface area (Å²) >= 11 is 11.8. The van der Waals surface area contributed by atoms with Crippen molar-refractivity contribution < 1.29 is 14.4 Å². The van der Waals surface area contributed by atoms with Crippen LogP contribution < -0.4 is 14.9 Å². The Bertz CT molecular complexity index is 828. The van der Waals surface area contributed by atoms with Crippen LogP contribution in [-0.4, -0.2) is 24.9 Å². The van der Waals surface area contributed by atoms with Gasteiger partial charge in [0.25, 0.3) is 0 Å². The largest absolute Gasteiger partial charge is 0.493 e. The van der Waals surface area contributed by atoms with E-state index < -0.39 is 4.92 Å². The Labute approximate surface area is 160 Å². The molecular weight excluding hydrogens is 381 g/mol. The van der Waals surface area contributed by atoms with Crippen molar-refractivity contribution in [3.63, 3.8) is 0 Å². The number of halogens is 2. The van der Waals surface area contributed by atoms with Crippen LogP contribution in [0.2, 0.25) is 10.0 Å². The molecule has 0 saturated heterocycles. The van der Waals surface area contributed by atoms with Gasteiger partial charge in [0.15, 0.2) is 5.75 Å². The second-order valence-electron chi connectivity index (χ2n) is 5.18. The fourth-order valence-electron chi connectivity index (χ4n) is 2.07. The third kappa shape index (κ3) is 5.00. The molecule has 1 N–H and O–H groups in total. The number of nitrogens with zero attached hydrogens (tertiary/aromatic N) is 2. The first kappa shape index (κ1) is 19.8. The molecule has 0 unspecified atom stereocenters. The van der Waals surface area contributed by atoms with Crippen LogP contribution in [0.3, 0.4) is 0 Å². The lowest BCUT2D eigenvalue weighted by atomic mass is 10.2. The number of rotatable bonds is 8. The lowest BCUT2D eigenvalue weighted by molar-refractivity contribution is -0.386. The van der Waals surface area contributed by atoms with E-state index in [1.807, 2.05) is 6.92 Å². The monoisotopic (exact) mass is 397 g/mol. The van der Waals surface area contributed by atoms with Crippen molar-refractivity contribution in [1.29, 1.82) is 0 Å². The van der Waals surface area contributed by atoms with Crippen molar-refractivity contribution in [1.82, 2.24) is 0 Å². The zero-order chi connectivity index (χ0) is 19.1. The average Bonchev–Trinajstić information content (AvgIpc) is 2.62. The van der Waals surface area contributed by atoms with E-state index in [1.165, 1.54) is 19.4 Å². The fraction of sp³-hybridized carbons (Fsp3) is 0.235. The number of hydrazone groups is 1. The van der Waals surface area contributed by atoms with E-state index in [4.69, 9.17) is 32.7 Å². The standard InChI is InChI=1S/C17H17Cl2N3O4/c1-3-6-26-17-15(22(23)24)7-11(8-16(17)25-2)10-20-21-12-4-5-13(18)14(19)9-12/h4-5,7-10,21H,3,6H2,1-2H3. The van der Waals surface area contributed by atoms with Crippen LogP contribution in [0.5, 0.6) is 11.5 Å². The Balaban J connectivity index is 2.26. The van der Waals surface area contributed by atoms with Gasteiger partial charge in [0.2, 0.25) is 5.75 Å². The third-order valence-corrected chi connectivity index (χ3v) is 3.99. The van der Waals surface area contributed by atoms with Gasteiger partial charge in [-0.3, -0.25) is 15.5 Å². The average molecular weight is 398 g/mol. The summed E-state index contributed by atoms with van der Waals surface area (Å²) in [6.45, 7) is 2.26. The zero-order valence-corrected chi connectivity index (χ0v) is 15.7. The van der Waals surface area contributed by atoms with Gasteiger partial charge in [0.1, 0.15) is 0 Å². The lowest BCUT2D eigenvalue weighted by Gasteiger charge is -2.11. The van der Waals surface area contributed by atoms with Gasteiger partial charge in [-0.05, 0) is 30.7 Å². The number of ether oxygens (including phenoxy) is 2. The Morgan fingerprint density at radius 1 is 1.27 bits per heavy atom. The van der Waals surface area contributed by atoms with Crippen molar-refractivity contribution in [2.75, 3.05) is 19.1 Å². The van der Waals surface area contributed by atoms with Crippen LogP contribution in [0, 0.1) is 10.1 Å². The van der Waals surface area contributed by atoms with E-state index in [0.29, 0.717) is 27.9 Å². The molecule has 7 nitrogen and oxygen atoms in total. The van der Waals surface area contributed by atoms with Gasteiger partial charge >= 0.3 is 5.69 Å². The SMILES string of the molecule is CCCOc1c(OC)cc(C=NNc2ccc(Cl)c(Cl)c2)cc1[N+](=O)[O-]. The number of nitro groups is 1.